The highest BCUT2D eigenvalue weighted by Gasteiger charge is 2.13. The molecule has 0 fully saturated rings. The third kappa shape index (κ3) is 2.16. The molecule has 5 heteroatoms. The first-order chi connectivity index (χ1) is 9.60. The Hall–Kier alpha value is -1.62. The van der Waals surface area contributed by atoms with E-state index in [1.54, 1.807) is 6.07 Å². The van der Waals surface area contributed by atoms with Gasteiger partial charge in [0.2, 0.25) is 0 Å². The quantitative estimate of drug-likeness (QED) is 0.706. The Morgan fingerprint density at radius 3 is 2.85 bits per heavy atom. The van der Waals surface area contributed by atoms with Gasteiger partial charge < -0.3 is 4.57 Å². The highest BCUT2D eigenvalue weighted by Crippen LogP contribution is 2.24. The van der Waals surface area contributed by atoms with Gasteiger partial charge in [0.25, 0.3) is 0 Å². The van der Waals surface area contributed by atoms with Crippen LogP contribution in [0.25, 0.3) is 10.9 Å². The molecule has 0 spiro atoms. The number of halogens is 2. The van der Waals surface area contributed by atoms with Gasteiger partial charge in [-0.1, -0.05) is 0 Å². The minimum absolute atomic E-state index is 0.203. The fourth-order valence-electron chi connectivity index (χ4n) is 2.49. The molecule has 3 aromatic rings. The van der Waals surface area contributed by atoms with Crippen LogP contribution in [0.15, 0.2) is 34.9 Å². The Balaban J connectivity index is 2.05. The van der Waals surface area contributed by atoms with Gasteiger partial charge in [0, 0.05) is 23.6 Å². The standard InChI is InChI=1S/C15H15BrFN3/c1-3-20-14(15(16)10(2)18-20)9-19-7-6-11-8-12(17)4-5-13(11)19/h4-8H,3,9H2,1-2H3. The van der Waals surface area contributed by atoms with Crippen LogP contribution in [0.1, 0.15) is 18.3 Å². The predicted molar refractivity (Wildman–Crippen MR) is 81.3 cm³/mol. The Labute approximate surface area is 125 Å². The van der Waals surface area contributed by atoms with Gasteiger partial charge in [-0.05, 0) is 54.0 Å². The van der Waals surface area contributed by atoms with Crippen LogP contribution in [-0.4, -0.2) is 14.3 Å². The van der Waals surface area contributed by atoms with Crippen molar-refractivity contribution >= 4 is 26.8 Å². The Morgan fingerprint density at radius 1 is 1.30 bits per heavy atom. The van der Waals surface area contributed by atoms with Gasteiger partial charge >= 0.3 is 0 Å². The van der Waals surface area contributed by atoms with Crippen LogP contribution in [0.2, 0.25) is 0 Å². The fraction of sp³-hybridized carbons (Fsp3) is 0.267. The maximum Gasteiger partial charge on any atom is 0.123 e. The maximum absolute atomic E-state index is 13.2. The summed E-state index contributed by atoms with van der Waals surface area (Å²) in [5, 5.41) is 5.42. The van der Waals surface area contributed by atoms with Crippen LogP contribution < -0.4 is 0 Å². The number of nitrogens with zero attached hydrogens (tertiary/aromatic N) is 3. The van der Waals surface area contributed by atoms with Gasteiger partial charge in [0.05, 0.1) is 22.4 Å². The summed E-state index contributed by atoms with van der Waals surface area (Å²) in [4.78, 5) is 0. The summed E-state index contributed by atoms with van der Waals surface area (Å²) >= 11 is 3.61. The van der Waals surface area contributed by atoms with E-state index in [1.165, 1.54) is 6.07 Å². The molecule has 1 aromatic carbocycles. The molecule has 3 rings (SSSR count). The normalized spacial score (nSPS) is 11.4. The maximum atomic E-state index is 13.2. The van der Waals surface area contributed by atoms with Crippen LogP contribution in [0, 0.1) is 12.7 Å². The average Bonchev–Trinajstić information content (AvgIpc) is 2.94. The first kappa shape index (κ1) is 13.4. The molecule has 0 aliphatic rings. The van der Waals surface area contributed by atoms with Crippen LogP contribution >= 0.6 is 15.9 Å². The van der Waals surface area contributed by atoms with Crippen molar-refractivity contribution < 1.29 is 4.39 Å². The number of fused-ring (bicyclic) bond motifs is 1. The average molecular weight is 336 g/mol. The molecule has 104 valence electrons. The lowest BCUT2D eigenvalue weighted by Crippen LogP contribution is -2.07. The summed E-state index contributed by atoms with van der Waals surface area (Å²) in [6.07, 6.45) is 1.98. The SMILES string of the molecule is CCn1nc(C)c(Br)c1Cn1ccc2cc(F)ccc21. The van der Waals surface area contributed by atoms with Crippen molar-refractivity contribution in [3.05, 3.63) is 52.1 Å². The van der Waals surface area contributed by atoms with Crippen molar-refractivity contribution in [2.75, 3.05) is 0 Å². The number of benzene rings is 1. The lowest BCUT2D eigenvalue weighted by molar-refractivity contribution is 0.600. The summed E-state index contributed by atoms with van der Waals surface area (Å²) in [5.74, 6) is -0.203. The Morgan fingerprint density at radius 2 is 2.10 bits per heavy atom. The number of rotatable bonds is 3. The van der Waals surface area contributed by atoms with Gasteiger partial charge in [-0.15, -0.1) is 0 Å². The zero-order valence-corrected chi connectivity index (χ0v) is 13.0. The van der Waals surface area contributed by atoms with Gasteiger partial charge in [0.1, 0.15) is 5.82 Å². The van der Waals surface area contributed by atoms with Crippen molar-refractivity contribution in [2.24, 2.45) is 0 Å². The number of aryl methyl sites for hydroxylation is 2. The second kappa shape index (κ2) is 5.05. The minimum atomic E-state index is -0.203. The highest BCUT2D eigenvalue weighted by atomic mass is 79.9. The number of hydrogen-bond donors (Lipinski definition) is 0. The number of hydrogen-bond acceptors (Lipinski definition) is 1. The molecule has 0 aliphatic carbocycles. The molecule has 0 N–H and O–H groups in total. The van der Waals surface area contributed by atoms with Crippen molar-refractivity contribution in [2.45, 2.75) is 26.9 Å². The van der Waals surface area contributed by atoms with Crippen LogP contribution in [0.4, 0.5) is 4.39 Å². The van der Waals surface area contributed by atoms with E-state index in [-0.39, 0.29) is 5.82 Å². The molecular formula is C15H15BrFN3. The van der Waals surface area contributed by atoms with Crippen LogP contribution in [0.5, 0.6) is 0 Å². The molecule has 3 nitrogen and oxygen atoms in total. The van der Waals surface area contributed by atoms with Gasteiger partial charge in [-0.3, -0.25) is 4.68 Å². The second-order valence-electron chi connectivity index (χ2n) is 4.81. The van der Waals surface area contributed by atoms with Crippen molar-refractivity contribution in [1.82, 2.24) is 14.3 Å². The van der Waals surface area contributed by atoms with E-state index in [2.05, 4.69) is 32.5 Å². The topological polar surface area (TPSA) is 22.8 Å². The monoisotopic (exact) mass is 335 g/mol. The van der Waals surface area contributed by atoms with E-state index in [4.69, 9.17) is 0 Å². The molecule has 2 heterocycles. The van der Waals surface area contributed by atoms with Gasteiger partial charge in [0.15, 0.2) is 0 Å². The van der Waals surface area contributed by atoms with Crippen molar-refractivity contribution in [3.8, 4) is 0 Å². The molecule has 2 aromatic heterocycles. The molecule has 20 heavy (non-hydrogen) atoms. The third-order valence-corrected chi connectivity index (χ3v) is 4.54. The van der Waals surface area contributed by atoms with Gasteiger partial charge in [-0.2, -0.15) is 5.10 Å². The van der Waals surface area contributed by atoms with E-state index in [1.807, 2.05) is 29.9 Å². The second-order valence-corrected chi connectivity index (χ2v) is 5.60. The van der Waals surface area contributed by atoms with E-state index in [0.717, 1.165) is 33.3 Å². The van der Waals surface area contributed by atoms with Crippen molar-refractivity contribution in [1.29, 1.82) is 0 Å². The summed E-state index contributed by atoms with van der Waals surface area (Å²) in [6.45, 7) is 5.61. The minimum Gasteiger partial charge on any atom is -0.341 e. The molecule has 0 unspecified atom stereocenters. The highest BCUT2D eigenvalue weighted by molar-refractivity contribution is 9.10. The Kier molecular flexibility index (Phi) is 3.38. The zero-order chi connectivity index (χ0) is 14.3. The molecule has 0 radical (unpaired) electrons. The molecular weight excluding hydrogens is 321 g/mol. The summed E-state index contributed by atoms with van der Waals surface area (Å²) in [6, 6.07) is 6.81. The summed E-state index contributed by atoms with van der Waals surface area (Å²) < 4.78 is 18.4. The van der Waals surface area contributed by atoms with Crippen molar-refractivity contribution in [3.63, 3.8) is 0 Å². The van der Waals surface area contributed by atoms with Crippen LogP contribution in [0.3, 0.4) is 0 Å². The molecule has 0 amide bonds. The smallest absolute Gasteiger partial charge is 0.123 e. The first-order valence-corrected chi connectivity index (χ1v) is 7.35. The van der Waals surface area contributed by atoms with E-state index >= 15 is 0 Å². The summed E-state index contributed by atoms with van der Waals surface area (Å²) in [5.41, 5.74) is 3.15. The van der Waals surface area contributed by atoms with E-state index < -0.39 is 0 Å². The van der Waals surface area contributed by atoms with Gasteiger partial charge in [-0.25, -0.2) is 4.39 Å². The molecule has 0 saturated carbocycles. The van der Waals surface area contributed by atoms with E-state index in [9.17, 15) is 4.39 Å². The lowest BCUT2D eigenvalue weighted by Gasteiger charge is -2.08. The third-order valence-electron chi connectivity index (χ3n) is 3.51. The number of aromatic nitrogens is 3. The molecule has 0 atom stereocenters. The van der Waals surface area contributed by atoms with E-state index in [0.29, 0.717) is 6.54 Å². The fourth-order valence-corrected chi connectivity index (χ4v) is 2.90. The molecule has 0 aliphatic heterocycles. The molecule has 0 saturated heterocycles. The largest absolute Gasteiger partial charge is 0.341 e. The zero-order valence-electron chi connectivity index (χ0n) is 11.4. The predicted octanol–water partition coefficient (Wildman–Crippen LogP) is 4.12. The first-order valence-electron chi connectivity index (χ1n) is 6.56. The summed E-state index contributed by atoms with van der Waals surface area (Å²) in [7, 11) is 0. The van der Waals surface area contributed by atoms with Crippen LogP contribution in [-0.2, 0) is 13.1 Å². The lowest BCUT2D eigenvalue weighted by atomic mass is 10.2. The molecule has 0 bridgehead atoms. The Bertz CT molecular complexity index is 773.